The molecule has 1 aromatic rings. The molecule has 0 unspecified atom stereocenters. The van der Waals surface area contributed by atoms with Crippen molar-refractivity contribution in [2.24, 2.45) is 0 Å². The van der Waals surface area contributed by atoms with Gasteiger partial charge >= 0.3 is 7.12 Å². The molecule has 1 N–H and O–H groups in total. The Morgan fingerprint density at radius 3 is 1.95 bits per heavy atom. The van der Waals surface area contributed by atoms with Gasteiger partial charge in [0.25, 0.3) is 0 Å². The summed E-state index contributed by atoms with van der Waals surface area (Å²) in [6.45, 7) is 8.33. The van der Waals surface area contributed by atoms with E-state index in [1.54, 1.807) is 0 Å². The minimum Gasteiger partial charge on any atom is -0.399 e. The molecule has 1 aromatic carbocycles. The first-order valence-corrected chi connectivity index (χ1v) is 8.78. The molecule has 0 atom stereocenters. The molecule has 1 aliphatic heterocycles. The van der Waals surface area contributed by atoms with E-state index in [9.17, 15) is 8.42 Å². The summed E-state index contributed by atoms with van der Waals surface area (Å²) < 4.78 is 36.5. The SMILES string of the molecule is CC1(C)OB(c2ccc(CNS(C)(=O)=O)cc2)OC1(C)C. The average molecular weight is 311 g/mol. The highest BCUT2D eigenvalue weighted by Gasteiger charge is 2.51. The van der Waals surface area contributed by atoms with Crippen molar-refractivity contribution >= 4 is 22.6 Å². The van der Waals surface area contributed by atoms with E-state index >= 15 is 0 Å². The van der Waals surface area contributed by atoms with Crippen molar-refractivity contribution in [1.29, 1.82) is 0 Å². The molecule has 1 heterocycles. The minimum atomic E-state index is -3.18. The molecule has 2 rings (SSSR count). The maximum Gasteiger partial charge on any atom is 0.494 e. The summed E-state index contributed by atoms with van der Waals surface area (Å²) in [4.78, 5) is 0. The van der Waals surface area contributed by atoms with Gasteiger partial charge in [-0.1, -0.05) is 24.3 Å². The smallest absolute Gasteiger partial charge is 0.399 e. The van der Waals surface area contributed by atoms with Crippen LogP contribution >= 0.6 is 0 Å². The number of nitrogens with one attached hydrogen (secondary N) is 1. The van der Waals surface area contributed by atoms with Gasteiger partial charge in [0.15, 0.2) is 0 Å². The fourth-order valence-corrected chi connectivity index (χ4v) is 2.42. The normalized spacial score (nSPS) is 20.7. The standard InChI is InChI=1S/C14H22BNO4S/c1-13(2)14(3,4)20-15(19-13)12-8-6-11(7-9-12)10-16-21(5,17)18/h6-9,16H,10H2,1-5H3. The van der Waals surface area contributed by atoms with Crippen molar-refractivity contribution in [3.8, 4) is 0 Å². The van der Waals surface area contributed by atoms with E-state index in [1.165, 1.54) is 0 Å². The van der Waals surface area contributed by atoms with Gasteiger partial charge in [0, 0.05) is 6.54 Å². The summed E-state index contributed by atoms with van der Waals surface area (Å²) in [7, 11) is -3.57. The van der Waals surface area contributed by atoms with Gasteiger partial charge in [-0.3, -0.25) is 0 Å². The first-order valence-electron chi connectivity index (χ1n) is 6.89. The highest BCUT2D eigenvalue weighted by molar-refractivity contribution is 7.88. The Hall–Kier alpha value is -0.885. The maximum absolute atomic E-state index is 11.1. The second-order valence-corrected chi connectivity index (χ2v) is 8.26. The quantitative estimate of drug-likeness (QED) is 0.844. The number of benzene rings is 1. The summed E-state index contributed by atoms with van der Waals surface area (Å²) in [6.07, 6.45) is 1.14. The number of hydrogen-bond donors (Lipinski definition) is 1. The summed E-state index contributed by atoms with van der Waals surface area (Å²) in [5, 5.41) is 0. The Morgan fingerprint density at radius 2 is 1.52 bits per heavy atom. The van der Waals surface area contributed by atoms with Gasteiger partial charge in [-0.05, 0) is 38.7 Å². The highest BCUT2D eigenvalue weighted by atomic mass is 32.2. The number of rotatable bonds is 4. The Labute approximate surface area is 127 Å². The lowest BCUT2D eigenvalue weighted by Gasteiger charge is -2.32. The van der Waals surface area contributed by atoms with E-state index < -0.39 is 17.1 Å². The molecule has 0 saturated carbocycles. The first-order chi connectivity index (χ1) is 9.50. The number of hydrogen-bond acceptors (Lipinski definition) is 4. The van der Waals surface area contributed by atoms with Gasteiger partial charge in [0.1, 0.15) is 0 Å². The Kier molecular flexibility index (Phi) is 4.23. The van der Waals surface area contributed by atoms with Crippen LogP contribution < -0.4 is 10.2 Å². The van der Waals surface area contributed by atoms with Gasteiger partial charge in [0.2, 0.25) is 10.0 Å². The van der Waals surface area contributed by atoms with Crippen LogP contribution in [-0.2, 0) is 25.9 Å². The van der Waals surface area contributed by atoms with E-state index in [0.717, 1.165) is 17.3 Å². The van der Waals surface area contributed by atoms with Gasteiger partial charge in [-0.25, -0.2) is 13.1 Å². The summed E-state index contributed by atoms with van der Waals surface area (Å²) in [5.41, 5.74) is 1.08. The zero-order chi connectivity index (χ0) is 15.9. The topological polar surface area (TPSA) is 64.6 Å². The molecule has 0 spiro atoms. The lowest BCUT2D eigenvalue weighted by Crippen LogP contribution is -2.41. The lowest BCUT2D eigenvalue weighted by atomic mass is 9.79. The average Bonchev–Trinajstić information content (AvgIpc) is 2.56. The molecule has 7 heteroatoms. The second kappa shape index (κ2) is 5.39. The molecule has 0 bridgehead atoms. The second-order valence-electron chi connectivity index (χ2n) is 6.42. The van der Waals surface area contributed by atoms with Gasteiger partial charge < -0.3 is 9.31 Å². The van der Waals surface area contributed by atoms with Crippen LogP contribution in [0.5, 0.6) is 0 Å². The third-order valence-electron chi connectivity index (χ3n) is 4.04. The molecular weight excluding hydrogens is 289 g/mol. The predicted molar refractivity (Wildman–Crippen MR) is 83.8 cm³/mol. The molecule has 0 amide bonds. The van der Waals surface area contributed by atoms with Crippen LogP contribution in [0.4, 0.5) is 0 Å². The van der Waals surface area contributed by atoms with Gasteiger partial charge in [-0.2, -0.15) is 0 Å². The molecule has 0 aliphatic carbocycles. The lowest BCUT2D eigenvalue weighted by molar-refractivity contribution is 0.00578. The van der Waals surface area contributed by atoms with Crippen LogP contribution in [0.25, 0.3) is 0 Å². The molecule has 0 radical (unpaired) electrons. The van der Waals surface area contributed by atoms with E-state index in [0.29, 0.717) is 0 Å². The van der Waals surface area contributed by atoms with Crippen molar-refractivity contribution in [2.75, 3.05) is 6.26 Å². The fourth-order valence-electron chi connectivity index (χ4n) is 1.99. The van der Waals surface area contributed by atoms with Gasteiger partial charge in [-0.15, -0.1) is 0 Å². The van der Waals surface area contributed by atoms with E-state index in [1.807, 2.05) is 52.0 Å². The Balaban J connectivity index is 2.07. The van der Waals surface area contributed by atoms with Gasteiger partial charge in [0.05, 0.1) is 17.5 Å². The minimum absolute atomic E-state index is 0.280. The molecular formula is C14H22BNO4S. The largest absolute Gasteiger partial charge is 0.494 e. The maximum atomic E-state index is 11.1. The molecule has 21 heavy (non-hydrogen) atoms. The highest BCUT2D eigenvalue weighted by Crippen LogP contribution is 2.36. The summed E-state index contributed by atoms with van der Waals surface area (Å²) in [6, 6.07) is 7.56. The first kappa shape index (κ1) is 16.5. The van der Waals surface area contributed by atoms with Crippen LogP contribution in [-0.4, -0.2) is 33.0 Å². The molecule has 1 saturated heterocycles. The molecule has 0 aromatic heterocycles. The predicted octanol–water partition coefficient (Wildman–Crippen LogP) is 1.03. The van der Waals surface area contributed by atoms with Crippen molar-refractivity contribution in [2.45, 2.75) is 45.4 Å². The summed E-state index contributed by atoms with van der Waals surface area (Å²) >= 11 is 0. The van der Waals surface area contributed by atoms with Crippen LogP contribution in [0.3, 0.4) is 0 Å². The molecule has 1 fully saturated rings. The van der Waals surface area contributed by atoms with Crippen LogP contribution in [0.1, 0.15) is 33.3 Å². The van der Waals surface area contributed by atoms with Crippen molar-refractivity contribution in [3.05, 3.63) is 29.8 Å². The van der Waals surface area contributed by atoms with Crippen LogP contribution in [0.15, 0.2) is 24.3 Å². The van der Waals surface area contributed by atoms with E-state index in [2.05, 4.69) is 4.72 Å². The van der Waals surface area contributed by atoms with Crippen LogP contribution in [0, 0.1) is 0 Å². The van der Waals surface area contributed by atoms with Crippen molar-refractivity contribution in [1.82, 2.24) is 4.72 Å². The number of sulfonamides is 1. The van der Waals surface area contributed by atoms with Crippen molar-refractivity contribution < 1.29 is 17.7 Å². The third-order valence-corrected chi connectivity index (χ3v) is 4.71. The Bertz CT molecular complexity index is 594. The fraction of sp³-hybridized carbons (Fsp3) is 0.571. The monoisotopic (exact) mass is 311 g/mol. The zero-order valence-corrected chi connectivity index (χ0v) is 14.0. The zero-order valence-electron chi connectivity index (χ0n) is 13.1. The van der Waals surface area contributed by atoms with E-state index in [4.69, 9.17) is 9.31 Å². The van der Waals surface area contributed by atoms with Crippen LogP contribution in [0.2, 0.25) is 0 Å². The molecule has 1 aliphatic rings. The Morgan fingerprint density at radius 1 is 1.05 bits per heavy atom. The molecule has 5 nitrogen and oxygen atoms in total. The molecule has 116 valence electrons. The summed E-state index contributed by atoms with van der Waals surface area (Å²) in [5.74, 6) is 0. The third kappa shape index (κ3) is 3.85. The van der Waals surface area contributed by atoms with E-state index in [-0.39, 0.29) is 17.7 Å². The van der Waals surface area contributed by atoms with Crippen molar-refractivity contribution in [3.63, 3.8) is 0 Å².